The fourth-order valence-electron chi connectivity index (χ4n) is 2.22. The molecule has 4 heteroatoms. The fourth-order valence-corrected chi connectivity index (χ4v) is 3.10. The van der Waals surface area contributed by atoms with E-state index < -0.39 is 0 Å². The molecule has 0 radical (unpaired) electrons. The lowest BCUT2D eigenvalue weighted by Crippen LogP contribution is -2.32. The van der Waals surface area contributed by atoms with Gasteiger partial charge in [0.25, 0.3) is 0 Å². The van der Waals surface area contributed by atoms with E-state index in [0.29, 0.717) is 6.04 Å². The second-order valence-corrected chi connectivity index (χ2v) is 5.92. The molecule has 1 rings (SSSR count). The molecule has 0 spiro atoms. The zero-order chi connectivity index (χ0) is 14.3. The van der Waals surface area contributed by atoms with Gasteiger partial charge in [-0.2, -0.15) is 11.8 Å². The highest BCUT2D eigenvalue weighted by Crippen LogP contribution is 2.18. The van der Waals surface area contributed by atoms with Gasteiger partial charge in [-0.1, -0.05) is 13.8 Å². The van der Waals surface area contributed by atoms with Crippen LogP contribution >= 0.6 is 11.8 Å². The number of aryl methyl sites for hydroxylation is 1. The van der Waals surface area contributed by atoms with Gasteiger partial charge in [-0.3, -0.25) is 4.90 Å². The van der Waals surface area contributed by atoms with Crippen LogP contribution in [0.1, 0.15) is 37.4 Å². The lowest BCUT2D eigenvalue weighted by molar-refractivity contribution is 0.227. The lowest BCUT2D eigenvalue weighted by Gasteiger charge is -2.25. The maximum atomic E-state index is 5.87. The highest BCUT2D eigenvalue weighted by Gasteiger charge is 2.15. The zero-order valence-electron chi connectivity index (χ0n) is 13.0. The molecule has 0 fully saturated rings. The minimum Gasteiger partial charge on any atom is -0.465 e. The third kappa shape index (κ3) is 5.21. The summed E-state index contributed by atoms with van der Waals surface area (Å²) in [7, 11) is 2.19. The molecule has 0 aliphatic rings. The molecule has 1 atom stereocenters. The first kappa shape index (κ1) is 16.6. The van der Waals surface area contributed by atoms with E-state index in [9.17, 15) is 0 Å². The summed E-state index contributed by atoms with van der Waals surface area (Å²) in [6.45, 7) is 9.21. The van der Waals surface area contributed by atoms with Crippen molar-refractivity contribution in [2.75, 3.05) is 25.6 Å². The van der Waals surface area contributed by atoms with Crippen LogP contribution in [-0.2, 0) is 13.1 Å². The van der Waals surface area contributed by atoms with Crippen LogP contribution in [-0.4, -0.2) is 36.5 Å². The number of nitrogens with zero attached hydrogens (tertiary/aromatic N) is 1. The number of hydrogen-bond donors (Lipinski definition) is 1. The summed E-state index contributed by atoms with van der Waals surface area (Å²) in [4.78, 5) is 2.39. The van der Waals surface area contributed by atoms with Crippen LogP contribution < -0.4 is 5.32 Å². The van der Waals surface area contributed by atoms with E-state index in [2.05, 4.69) is 50.4 Å². The van der Waals surface area contributed by atoms with Gasteiger partial charge in [0.2, 0.25) is 0 Å². The Morgan fingerprint density at radius 2 is 2.16 bits per heavy atom. The maximum absolute atomic E-state index is 5.87. The smallest absolute Gasteiger partial charge is 0.118 e. The first-order valence-electron chi connectivity index (χ1n) is 7.10. The third-order valence-corrected chi connectivity index (χ3v) is 4.21. The largest absolute Gasteiger partial charge is 0.465 e. The summed E-state index contributed by atoms with van der Waals surface area (Å²) in [5, 5.41) is 3.35. The van der Waals surface area contributed by atoms with Gasteiger partial charge in [-0.15, -0.1) is 0 Å². The van der Waals surface area contributed by atoms with E-state index >= 15 is 0 Å². The number of thioether (sulfide) groups is 1. The molecule has 1 unspecified atom stereocenters. The van der Waals surface area contributed by atoms with Crippen molar-refractivity contribution >= 4 is 11.8 Å². The van der Waals surface area contributed by atoms with E-state index in [-0.39, 0.29) is 0 Å². The van der Waals surface area contributed by atoms with E-state index in [1.807, 2.05) is 11.8 Å². The van der Waals surface area contributed by atoms with Crippen LogP contribution in [0, 0.1) is 6.92 Å². The second-order valence-electron chi connectivity index (χ2n) is 5.01. The molecule has 1 heterocycles. The Balaban J connectivity index is 2.60. The molecule has 110 valence electrons. The molecule has 0 bridgehead atoms. The minimum absolute atomic E-state index is 0.623. The molecule has 0 amide bonds. The van der Waals surface area contributed by atoms with Crippen molar-refractivity contribution in [3.05, 3.63) is 23.2 Å². The zero-order valence-corrected chi connectivity index (χ0v) is 13.8. The van der Waals surface area contributed by atoms with Gasteiger partial charge in [0.05, 0.1) is 6.54 Å². The van der Waals surface area contributed by atoms with Gasteiger partial charge in [0, 0.05) is 23.9 Å². The van der Waals surface area contributed by atoms with Gasteiger partial charge >= 0.3 is 0 Å². The van der Waals surface area contributed by atoms with Gasteiger partial charge in [0.1, 0.15) is 11.5 Å². The van der Waals surface area contributed by atoms with Gasteiger partial charge in [-0.25, -0.2) is 0 Å². The Hall–Kier alpha value is -0.450. The molecule has 0 aliphatic carbocycles. The predicted octanol–water partition coefficient (Wildman–Crippen LogP) is 3.27. The van der Waals surface area contributed by atoms with Crippen LogP contribution in [0.25, 0.3) is 0 Å². The third-order valence-electron chi connectivity index (χ3n) is 3.50. The fraction of sp³-hybridized carbons (Fsp3) is 0.733. The van der Waals surface area contributed by atoms with Gasteiger partial charge in [-0.05, 0) is 39.3 Å². The van der Waals surface area contributed by atoms with Crippen molar-refractivity contribution in [2.24, 2.45) is 0 Å². The molecule has 1 aromatic rings. The van der Waals surface area contributed by atoms with Gasteiger partial charge < -0.3 is 9.73 Å². The van der Waals surface area contributed by atoms with Gasteiger partial charge in [0.15, 0.2) is 0 Å². The normalized spacial score (nSPS) is 13.2. The molecule has 0 saturated carbocycles. The Morgan fingerprint density at radius 3 is 2.74 bits per heavy atom. The number of hydrogen-bond acceptors (Lipinski definition) is 4. The Bertz CT molecular complexity index is 365. The molecular formula is C15H28N2OS. The molecule has 1 N–H and O–H groups in total. The van der Waals surface area contributed by atoms with Crippen LogP contribution in [0.5, 0.6) is 0 Å². The lowest BCUT2D eigenvalue weighted by atomic mass is 10.2. The maximum Gasteiger partial charge on any atom is 0.118 e. The van der Waals surface area contributed by atoms with E-state index in [1.54, 1.807) is 0 Å². The van der Waals surface area contributed by atoms with Crippen LogP contribution in [0.15, 0.2) is 10.5 Å². The van der Waals surface area contributed by atoms with Crippen molar-refractivity contribution in [3.8, 4) is 0 Å². The van der Waals surface area contributed by atoms with Crippen molar-refractivity contribution in [1.82, 2.24) is 10.2 Å². The van der Waals surface area contributed by atoms with E-state index in [4.69, 9.17) is 4.42 Å². The first-order chi connectivity index (χ1) is 9.12. The van der Waals surface area contributed by atoms with E-state index in [1.165, 1.54) is 17.7 Å². The quantitative estimate of drug-likeness (QED) is 0.753. The summed E-state index contributed by atoms with van der Waals surface area (Å²) >= 11 is 1.91. The monoisotopic (exact) mass is 284 g/mol. The predicted molar refractivity (Wildman–Crippen MR) is 84.8 cm³/mol. The molecular weight excluding hydrogens is 256 g/mol. The van der Waals surface area contributed by atoms with Crippen LogP contribution in [0.3, 0.4) is 0 Å². The first-order valence-corrected chi connectivity index (χ1v) is 8.49. The van der Waals surface area contributed by atoms with Crippen LogP contribution in [0.2, 0.25) is 0 Å². The van der Waals surface area contributed by atoms with Crippen molar-refractivity contribution in [1.29, 1.82) is 0 Å². The summed E-state index contributed by atoms with van der Waals surface area (Å²) in [6.07, 6.45) is 3.35. The Labute approximate surface area is 122 Å². The van der Waals surface area contributed by atoms with E-state index in [0.717, 1.165) is 31.2 Å². The molecule has 1 aromatic heterocycles. The van der Waals surface area contributed by atoms with Crippen molar-refractivity contribution in [2.45, 2.75) is 46.3 Å². The summed E-state index contributed by atoms with van der Waals surface area (Å²) in [6, 6.07) is 2.82. The van der Waals surface area contributed by atoms with Crippen molar-refractivity contribution < 1.29 is 4.42 Å². The molecule has 3 nitrogen and oxygen atoms in total. The summed E-state index contributed by atoms with van der Waals surface area (Å²) in [5.74, 6) is 3.30. The summed E-state index contributed by atoms with van der Waals surface area (Å²) in [5.41, 5.74) is 1.28. The molecule has 0 aromatic carbocycles. The highest BCUT2D eigenvalue weighted by molar-refractivity contribution is 7.98. The SMILES string of the molecule is CCNCc1cc(CN(C)C(CC)CSC)oc1C. The second kappa shape index (κ2) is 8.67. The minimum atomic E-state index is 0.623. The molecule has 0 saturated heterocycles. The number of nitrogens with one attached hydrogen (secondary N) is 1. The number of furan rings is 1. The average molecular weight is 284 g/mol. The Morgan fingerprint density at radius 1 is 1.42 bits per heavy atom. The highest BCUT2D eigenvalue weighted by atomic mass is 32.2. The topological polar surface area (TPSA) is 28.4 Å². The standard InChI is InChI=1S/C15H28N2OS/c1-6-14(11-19-5)17(4)10-15-8-13(9-16-7-2)12(3)18-15/h8,14,16H,6-7,9-11H2,1-5H3. The molecule has 0 aliphatic heterocycles. The van der Waals surface area contributed by atoms with Crippen molar-refractivity contribution in [3.63, 3.8) is 0 Å². The average Bonchev–Trinajstić information content (AvgIpc) is 2.73. The van der Waals surface area contributed by atoms with Crippen LogP contribution in [0.4, 0.5) is 0 Å². The molecule has 19 heavy (non-hydrogen) atoms. The summed E-state index contributed by atoms with van der Waals surface area (Å²) < 4.78 is 5.87. The Kier molecular flexibility index (Phi) is 7.57. The number of rotatable bonds is 9.